The van der Waals surface area contributed by atoms with E-state index in [1.807, 2.05) is 61.7 Å². The average Bonchev–Trinajstić information content (AvgIpc) is 1.58. The third-order valence-corrected chi connectivity index (χ3v) is 19.3. The van der Waals surface area contributed by atoms with Crippen LogP contribution in [0.1, 0.15) is 168 Å². The third-order valence-electron chi connectivity index (χ3n) is 17.9. The number of likely N-dealkylation sites (tertiary alicyclic amines) is 2. The molecule has 5 heterocycles. The standard InChI is InChI=1S/C35H43N5O5S.C29H34BrN3O6.C6H12N2S.C3H8O/c1-7-22-17-35(22,21(3)41)39-31(42)29-15-24(18-40(29)33(43)45-34(4,5)6)44-30-16-27(37-26-14-20(2)12-13-25(26)30)28-19-46-32(38-28)36-23-10-8-9-11-23;1-7-18-13-29(18,17(3)34)32-26(36)23-11-19(15-33(23)27(37)39-28(4,5)6)38-25-12-22(24(35)14-30)31-21-10-16(2)8-9-20(21)25;7-6(9)8-5-3-1-2-4-5;1-3(2)4/h7,12-14,16,19,22-24,29H,1,8-11,15,17-18H2,2-6H3,(H,36,38)(H,39,42);7-10,12,18-19,23H,1,11,13-15H2,2-6H3,(H,32,36);5H,1-4H2,(H3,7,8,9);3-4H,1-2H3/t22-,24-,29+,35+;18-,19-,23+,29+;;/m11../s1. The molecule has 6 fully saturated rings. The summed E-state index contributed by atoms with van der Waals surface area (Å²) in [5.41, 5.74) is 6.92. The lowest BCUT2D eigenvalue weighted by Gasteiger charge is -2.28. The van der Waals surface area contributed by atoms with Gasteiger partial charge in [0, 0.05) is 71.2 Å². The van der Waals surface area contributed by atoms with Crippen LogP contribution in [0.5, 0.6) is 11.5 Å². The molecule has 0 spiro atoms. The van der Waals surface area contributed by atoms with Crippen molar-refractivity contribution in [2.75, 3.05) is 23.7 Å². The minimum absolute atomic E-state index is 0.0857. The zero-order valence-electron chi connectivity index (χ0n) is 58.5. The molecule has 4 amide bonds. The van der Waals surface area contributed by atoms with E-state index in [9.17, 15) is 33.6 Å². The summed E-state index contributed by atoms with van der Waals surface area (Å²) in [5.74, 6) is -0.585. The van der Waals surface area contributed by atoms with Gasteiger partial charge in [-0.1, -0.05) is 65.9 Å². The van der Waals surface area contributed by atoms with Crippen molar-refractivity contribution in [2.45, 2.75) is 225 Å². The van der Waals surface area contributed by atoms with Gasteiger partial charge in [-0.2, -0.15) is 0 Å². The molecule has 6 aliphatic rings. The molecule has 2 saturated heterocycles. The van der Waals surface area contributed by atoms with Gasteiger partial charge in [0.05, 0.1) is 35.1 Å². The molecule has 11 rings (SSSR count). The van der Waals surface area contributed by atoms with E-state index in [0.717, 1.165) is 45.7 Å². The molecule has 25 heteroatoms. The maximum atomic E-state index is 13.7. The summed E-state index contributed by atoms with van der Waals surface area (Å²) in [6.07, 6.45) is 12.1. The zero-order chi connectivity index (χ0) is 71.8. The summed E-state index contributed by atoms with van der Waals surface area (Å²) in [6, 6.07) is 14.4. The third kappa shape index (κ3) is 19.6. The SMILES string of the molecule is C=C[C@@H]1C[C@]1(NC(=O)[C@@H]1C[C@@H](Oc2cc(-c3csc(NC4CCCC4)n3)nc3cc(C)ccc23)CN1C(=O)OC(C)(C)C)C(C)=O.C=C[C@@H]1C[C@]1(NC(=O)[C@@H]1C[C@@H](Oc2cc(C(=O)CBr)nc3cc(C)ccc23)CN1C(=O)OC(C)(C)C)C(C)=O.CC(C)O.NC(=S)NC1CCCC1. The number of aromatic nitrogens is 3. The molecule has 98 heavy (non-hydrogen) atoms. The van der Waals surface area contributed by atoms with Gasteiger partial charge in [-0.05, 0) is 169 Å². The summed E-state index contributed by atoms with van der Waals surface area (Å²) in [4.78, 5) is 108. The predicted octanol–water partition coefficient (Wildman–Crippen LogP) is 12.1. The maximum absolute atomic E-state index is 13.7. The van der Waals surface area contributed by atoms with E-state index >= 15 is 0 Å². The van der Waals surface area contributed by atoms with Crippen molar-refractivity contribution < 1.29 is 57.6 Å². The van der Waals surface area contributed by atoms with Crippen molar-refractivity contribution in [2.24, 2.45) is 17.6 Å². The number of hydrogen-bond donors (Lipinski definition) is 6. The number of aliphatic hydroxyl groups excluding tert-OH is 1. The van der Waals surface area contributed by atoms with Gasteiger partial charge in [0.2, 0.25) is 11.8 Å². The topological polar surface area (TPSA) is 296 Å². The largest absolute Gasteiger partial charge is 0.488 e. The minimum Gasteiger partial charge on any atom is -0.488 e. The number of amides is 4. The number of ether oxygens (including phenoxy) is 4. The second-order valence-corrected chi connectivity index (χ2v) is 30.6. The number of carbonyl (C=O) groups excluding carboxylic acids is 7. The van der Waals surface area contributed by atoms with E-state index in [0.29, 0.717) is 58.1 Å². The van der Waals surface area contributed by atoms with Crippen LogP contribution in [0.25, 0.3) is 33.2 Å². The highest BCUT2D eigenvalue weighted by molar-refractivity contribution is 9.09. The molecule has 8 atom stereocenters. The number of halogens is 1. The number of pyridine rings is 2. The first-order valence-electron chi connectivity index (χ1n) is 33.8. The second kappa shape index (κ2) is 32.1. The molecular weight excluding hydrogens is 1350 g/mol. The van der Waals surface area contributed by atoms with Gasteiger partial charge in [0.25, 0.3) is 0 Å². The fraction of sp³-hybridized carbons (Fsp3) is 0.548. The molecular formula is C73H97BrN10O12S2. The summed E-state index contributed by atoms with van der Waals surface area (Å²) in [7, 11) is 0. The predicted molar refractivity (Wildman–Crippen MR) is 389 cm³/mol. The van der Waals surface area contributed by atoms with Crippen molar-refractivity contribution in [3.8, 4) is 22.9 Å². The van der Waals surface area contributed by atoms with Crippen LogP contribution in [0.15, 0.2) is 79.2 Å². The van der Waals surface area contributed by atoms with Gasteiger partial charge in [-0.3, -0.25) is 33.8 Å². The van der Waals surface area contributed by atoms with Crippen LogP contribution in [0.2, 0.25) is 0 Å². The zero-order valence-corrected chi connectivity index (χ0v) is 61.7. The highest BCUT2D eigenvalue weighted by atomic mass is 79.9. The van der Waals surface area contributed by atoms with Gasteiger partial charge in [-0.25, -0.2) is 24.5 Å². The van der Waals surface area contributed by atoms with Crippen LogP contribution in [-0.2, 0) is 28.7 Å². The molecule has 0 bridgehead atoms. The first kappa shape index (κ1) is 76.1. The number of thiocarbonyl (C=S) groups is 1. The molecule has 0 radical (unpaired) electrons. The van der Waals surface area contributed by atoms with Crippen molar-refractivity contribution in [3.63, 3.8) is 0 Å². The molecule has 7 N–H and O–H groups in total. The van der Waals surface area contributed by atoms with Gasteiger partial charge >= 0.3 is 12.2 Å². The van der Waals surface area contributed by atoms with Crippen LogP contribution in [0.4, 0.5) is 14.7 Å². The number of thiazole rings is 1. The van der Waals surface area contributed by atoms with E-state index in [1.165, 1.54) is 62.2 Å². The molecule has 530 valence electrons. The Kier molecular flexibility index (Phi) is 25.0. The number of anilines is 1. The monoisotopic (exact) mass is 1450 g/mol. The quantitative estimate of drug-likeness (QED) is 0.0206. The first-order valence-corrected chi connectivity index (χ1v) is 36.2. The number of nitrogens with one attached hydrogen (secondary N) is 4. The number of hydrogen-bond acceptors (Lipinski definition) is 18. The fourth-order valence-electron chi connectivity index (χ4n) is 12.8. The minimum atomic E-state index is -0.999. The number of benzene rings is 2. The highest BCUT2D eigenvalue weighted by Gasteiger charge is 2.60. The van der Waals surface area contributed by atoms with E-state index in [-0.39, 0.29) is 72.2 Å². The van der Waals surface area contributed by atoms with Crippen LogP contribution in [0, 0.1) is 25.7 Å². The number of fused-ring (bicyclic) bond motifs is 2. The number of aliphatic hydroxyl groups is 1. The summed E-state index contributed by atoms with van der Waals surface area (Å²) < 4.78 is 24.3. The number of aryl methyl sites for hydroxylation is 2. The van der Waals surface area contributed by atoms with Gasteiger partial charge in [-0.15, -0.1) is 24.5 Å². The Hall–Kier alpha value is -7.61. The van der Waals surface area contributed by atoms with E-state index < -0.39 is 70.6 Å². The van der Waals surface area contributed by atoms with Crippen LogP contribution < -0.4 is 36.5 Å². The van der Waals surface area contributed by atoms with Crippen molar-refractivity contribution in [3.05, 3.63) is 96.0 Å². The van der Waals surface area contributed by atoms with E-state index in [1.54, 1.807) is 84.9 Å². The number of carbonyl (C=O) groups is 7. The summed E-state index contributed by atoms with van der Waals surface area (Å²) >= 11 is 9.47. The maximum Gasteiger partial charge on any atom is 0.411 e. The molecule has 2 aliphatic heterocycles. The van der Waals surface area contributed by atoms with Crippen molar-refractivity contribution in [1.29, 1.82) is 0 Å². The van der Waals surface area contributed by atoms with Crippen molar-refractivity contribution in [1.82, 2.24) is 40.7 Å². The number of nitrogens with zero attached hydrogens (tertiary/aromatic N) is 5. The van der Waals surface area contributed by atoms with Gasteiger partial charge < -0.3 is 51.1 Å². The Bertz CT molecular complexity index is 3800. The number of alkyl halides is 1. The number of nitrogens with two attached hydrogens (primary N) is 1. The second-order valence-electron chi connectivity index (χ2n) is 28.7. The summed E-state index contributed by atoms with van der Waals surface area (Å²) in [5, 5.41) is 25.5. The molecule has 3 aromatic heterocycles. The van der Waals surface area contributed by atoms with Crippen LogP contribution >= 0.6 is 39.5 Å². The van der Waals surface area contributed by atoms with Crippen LogP contribution in [-0.4, -0.2) is 160 Å². The van der Waals surface area contributed by atoms with Crippen molar-refractivity contribution >= 4 is 113 Å². The Labute approximate surface area is 592 Å². The normalized spacial score (nSPS) is 23.4. The lowest BCUT2D eigenvalue weighted by atomic mass is 10.1. The smallest absolute Gasteiger partial charge is 0.411 e. The Morgan fingerprint density at radius 2 is 1.14 bits per heavy atom. The number of rotatable bonds is 18. The van der Waals surface area contributed by atoms with Gasteiger partial charge in [0.15, 0.2) is 27.6 Å². The lowest BCUT2D eigenvalue weighted by Crippen LogP contribution is -2.53. The Morgan fingerprint density at radius 3 is 1.55 bits per heavy atom. The Balaban J connectivity index is 0.000000213. The van der Waals surface area contributed by atoms with Crippen LogP contribution in [0.3, 0.4) is 0 Å². The van der Waals surface area contributed by atoms with Gasteiger partial charge in [0.1, 0.15) is 69.5 Å². The molecule has 4 aliphatic carbocycles. The average molecular weight is 1450 g/mol. The molecule has 2 aromatic carbocycles. The molecule has 5 aromatic rings. The molecule has 4 saturated carbocycles. The lowest BCUT2D eigenvalue weighted by molar-refractivity contribution is -0.130. The first-order chi connectivity index (χ1) is 46.1. The Morgan fingerprint density at radius 1 is 0.704 bits per heavy atom. The molecule has 22 nitrogen and oxygen atoms in total. The number of ketones is 3. The summed E-state index contributed by atoms with van der Waals surface area (Å²) in [6.45, 7) is 28.7. The molecule has 0 unspecified atom stereocenters. The number of Topliss-reactive ketones (excluding diaryl/α,β-unsaturated/α-hetero) is 3. The highest BCUT2D eigenvalue weighted by Crippen LogP contribution is 2.47. The van der Waals surface area contributed by atoms with E-state index in [2.05, 4.69) is 55.3 Å². The van der Waals surface area contributed by atoms with E-state index in [4.69, 9.17) is 52.0 Å². The fourth-order valence-corrected chi connectivity index (χ4v) is 14.1.